The Labute approximate surface area is 403 Å². The van der Waals surface area contributed by atoms with Gasteiger partial charge in [0.15, 0.2) is 0 Å². The highest BCUT2D eigenvalue weighted by Crippen LogP contribution is 2.59. The molecule has 6 heteroatoms. The van der Waals surface area contributed by atoms with Crippen LogP contribution in [-0.4, -0.2) is 0 Å². The Balaban J connectivity index is 1.56. The summed E-state index contributed by atoms with van der Waals surface area (Å²) in [7, 11) is -2.49. The van der Waals surface area contributed by atoms with E-state index in [0.29, 0.717) is 0 Å². The summed E-state index contributed by atoms with van der Waals surface area (Å²) in [6, 6.07) is 38.0. The molecule has 332 valence electrons. The molecule has 0 aromatic heterocycles. The standard InChI is InChI=1S/C58H64Br2O2P2/c1-53(2,3)33-25-41-49-45(29-33)63(39-21-17-37(59)18-22-39)46-30-35(55(7,8)9)27-43-51(46)62-52-44(58(43,15)16)28-36(56(10,11)12)32-48(52)64(40-23-19-38(60)20-24-40)47-31-34(54(4,5)6)26-42(50(47)61-49)57(41,13)14/h17-32H,1-16H3. The third-order valence-electron chi connectivity index (χ3n) is 14.0. The molecule has 3 heterocycles. The number of hydrogen-bond donors (Lipinski definition) is 0. The van der Waals surface area contributed by atoms with Crippen LogP contribution < -0.4 is 41.3 Å². The molecule has 4 bridgehead atoms. The first-order valence-corrected chi connectivity index (χ1v) is 27.1. The van der Waals surface area contributed by atoms with Crippen molar-refractivity contribution in [2.45, 2.75) is 143 Å². The first-order valence-electron chi connectivity index (χ1n) is 22.8. The van der Waals surface area contributed by atoms with Crippen LogP contribution in [0.3, 0.4) is 0 Å². The summed E-state index contributed by atoms with van der Waals surface area (Å²) in [5.41, 5.74) is 8.96. The highest BCUT2D eigenvalue weighted by molar-refractivity contribution is 9.10. The molecule has 0 N–H and O–H groups in total. The molecule has 0 amide bonds. The Morgan fingerprint density at radius 1 is 0.359 bits per heavy atom. The molecule has 0 fully saturated rings. The van der Waals surface area contributed by atoms with Crippen molar-refractivity contribution in [1.29, 1.82) is 0 Å². The van der Waals surface area contributed by atoms with Crippen molar-refractivity contribution in [3.05, 3.63) is 151 Å². The number of hydrogen-bond acceptors (Lipinski definition) is 2. The predicted molar refractivity (Wildman–Crippen MR) is 285 cm³/mol. The van der Waals surface area contributed by atoms with Crippen molar-refractivity contribution < 1.29 is 9.47 Å². The SMILES string of the molecule is CC(C)(C)c1cc2c3c(c1)C(C)(C)c1cc(C(C)(C)C)cc(c1O3)P(c1ccc(Br)cc1)c1cc(C(C)(C)C)cc3c1Oc1c(cc(C(C)(C)C)cc1C3(C)C)P2c1ccc(Br)cc1. The maximum atomic E-state index is 7.92. The fraction of sp³-hybridized carbons (Fsp3) is 0.379. The topological polar surface area (TPSA) is 18.5 Å². The molecule has 0 saturated carbocycles. The van der Waals surface area contributed by atoms with Crippen molar-refractivity contribution in [2.75, 3.05) is 0 Å². The number of ether oxygens (including phenoxy) is 2. The van der Waals surface area contributed by atoms with Crippen LogP contribution in [0.4, 0.5) is 0 Å². The number of halogens is 2. The Morgan fingerprint density at radius 3 is 0.781 bits per heavy atom. The zero-order chi connectivity index (χ0) is 46.4. The normalized spacial score (nSPS) is 18.3. The second-order valence-corrected chi connectivity index (χ2v) is 29.7. The molecule has 0 radical (unpaired) electrons. The van der Waals surface area contributed by atoms with Crippen LogP contribution in [0.15, 0.2) is 106 Å². The first-order chi connectivity index (χ1) is 29.6. The van der Waals surface area contributed by atoms with Gasteiger partial charge in [-0.2, -0.15) is 0 Å². The Hall–Kier alpha value is -3.26. The molecule has 3 aliphatic heterocycles. The summed E-state index contributed by atoms with van der Waals surface area (Å²) in [5.74, 6) is 3.96. The maximum Gasteiger partial charge on any atom is 0.139 e. The Kier molecular flexibility index (Phi) is 10.8. The number of benzene rings is 6. The summed E-state index contributed by atoms with van der Waals surface area (Å²) in [6.07, 6.45) is 0. The van der Waals surface area contributed by atoms with Gasteiger partial charge in [-0.25, -0.2) is 0 Å². The van der Waals surface area contributed by atoms with Crippen molar-refractivity contribution in [1.82, 2.24) is 0 Å². The highest BCUT2D eigenvalue weighted by atomic mass is 79.9. The average molecular weight is 1010 g/mol. The molecule has 0 saturated heterocycles. The van der Waals surface area contributed by atoms with Gasteiger partial charge < -0.3 is 9.47 Å². The Morgan fingerprint density at radius 2 is 0.578 bits per heavy atom. The van der Waals surface area contributed by atoms with Gasteiger partial charge in [-0.15, -0.1) is 0 Å². The lowest BCUT2D eigenvalue weighted by Gasteiger charge is -2.43. The molecule has 0 unspecified atom stereocenters. The van der Waals surface area contributed by atoms with Crippen molar-refractivity contribution in [3.63, 3.8) is 0 Å². The monoisotopic (exact) mass is 1010 g/mol. The van der Waals surface area contributed by atoms with Gasteiger partial charge in [0.05, 0.1) is 0 Å². The maximum absolute atomic E-state index is 7.92. The lowest BCUT2D eigenvalue weighted by Crippen LogP contribution is -2.38. The van der Waals surface area contributed by atoms with Crippen LogP contribution in [0.2, 0.25) is 0 Å². The van der Waals surface area contributed by atoms with Crippen LogP contribution in [0.1, 0.15) is 155 Å². The van der Waals surface area contributed by atoms with Crippen LogP contribution in [0, 0.1) is 0 Å². The van der Waals surface area contributed by atoms with E-state index in [0.717, 1.165) is 31.9 Å². The van der Waals surface area contributed by atoms with Gasteiger partial charge in [0, 0.05) is 63.2 Å². The van der Waals surface area contributed by atoms with E-state index < -0.39 is 26.7 Å². The van der Waals surface area contributed by atoms with Crippen LogP contribution in [0.5, 0.6) is 23.0 Å². The molecular formula is C58H64Br2O2P2. The Bertz CT molecular complexity index is 2530. The summed E-state index contributed by atoms with van der Waals surface area (Å²) < 4.78 is 18.0. The third kappa shape index (κ3) is 7.58. The van der Waals surface area contributed by atoms with Crippen LogP contribution >= 0.6 is 47.7 Å². The molecular weight excluding hydrogens is 950 g/mol. The van der Waals surface area contributed by atoms with Crippen molar-refractivity contribution in [2.24, 2.45) is 0 Å². The van der Waals surface area contributed by atoms with Gasteiger partial charge in [0.25, 0.3) is 0 Å². The van der Waals surface area contributed by atoms with E-state index in [1.165, 1.54) is 76.3 Å². The molecule has 0 atom stereocenters. The zero-order valence-electron chi connectivity index (χ0n) is 40.7. The van der Waals surface area contributed by atoms with E-state index in [1.54, 1.807) is 0 Å². The summed E-state index contributed by atoms with van der Waals surface area (Å²) in [5, 5.41) is 7.48. The van der Waals surface area contributed by atoms with Crippen molar-refractivity contribution >= 4 is 79.5 Å². The fourth-order valence-electron chi connectivity index (χ4n) is 9.63. The van der Waals surface area contributed by atoms with E-state index in [2.05, 4.69) is 240 Å². The number of rotatable bonds is 2. The first kappa shape index (κ1) is 45.9. The summed E-state index contributed by atoms with van der Waals surface area (Å²) in [4.78, 5) is 0. The minimum Gasteiger partial charge on any atom is -0.455 e. The molecule has 9 rings (SSSR count). The highest BCUT2D eigenvalue weighted by Gasteiger charge is 2.46. The van der Waals surface area contributed by atoms with E-state index >= 15 is 0 Å². The third-order valence-corrected chi connectivity index (χ3v) is 19.9. The fourth-order valence-corrected chi connectivity index (χ4v) is 15.2. The van der Waals surface area contributed by atoms with E-state index in [4.69, 9.17) is 9.47 Å². The molecule has 0 aliphatic carbocycles. The predicted octanol–water partition coefficient (Wildman–Crippen LogP) is 15.1. The molecule has 64 heavy (non-hydrogen) atoms. The van der Waals surface area contributed by atoms with Crippen molar-refractivity contribution in [3.8, 4) is 23.0 Å². The summed E-state index contributed by atoms with van der Waals surface area (Å²) in [6.45, 7) is 38.0. The van der Waals surface area contributed by atoms with E-state index in [9.17, 15) is 0 Å². The van der Waals surface area contributed by atoms with Gasteiger partial charge >= 0.3 is 0 Å². The average Bonchev–Trinajstić information content (AvgIpc) is 3.18. The minimum atomic E-state index is -1.24. The van der Waals surface area contributed by atoms with Crippen LogP contribution in [0.25, 0.3) is 0 Å². The second kappa shape index (κ2) is 15.1. The van der Waals surface area contributed by atoms with Gasteiger partial charge in [-0.3, -0.25) is 0 Å². The molecule has 2 nitrogen and oxygen atoms in total. The van der Waals surface area contributed by atoms with Crippen LogP contribution in [-0.2, 0) is 32.5 Å². The van der Waals surface area contributed by atoms with E-state index in [-0.39, 0.29) is 21.7 Å². The lowest BCUT2D eigenvalue weighted by atomic mass is 9.72. The molecule has 6 aromatic carbocycles. The van der Waals surface area contributed by atoms with Gasteiger partial charge in [-0.1, -0.05) is 191 Å². The minimum absolute atomic E-state index is 0.121. The van der Waals surface area contributed by atoms with E-state index in [1.807, 2.05) is 0 Å². The molecule has 3 aliphatic rings. The summed E-state index contributed by atoms with van der Waals surface area (Å²) >= 11 is 7.62. The van der Waals surface area contributed by atoms with Gasteiger partial charge in [0.1, 0.15) is 23.0 Å². The smallest absolute Gasteiger partial charge is 0.139 e. The largest absolute Gasteiger partial charge is 0.455 e. The van der Waals surface area contributed by atoms with Gasteiger partial charge in [-0.05, 0) is 119 Å². The molecule has 0 spiro atoms. The van der Waals surface area contributed by atoms with Gasteiger partial charge in [0.2, 0.25) is 0 Å². The second-order valence-electron chi connectivity index (χ2n) is 23.6. The lowest BCUT2D eigenvalue weighted by molar-refractivity contribution is 0.420. The zero-order valence-corrected chi connectivity index (χ0v) is 45.7. The quantitative estimate of drug-likeness (QED) is 0.161. The molecule has 6 aromatic rings.